The molecule has 0 radical (unpaired) electrons. The predicted octanol–water partition coefficient (Wildman–Crippen LogP) is 6.10. The molecular weight excluding hydrogens is 398 g/mol. The molecule has 2 heterocycles. The highest BCUT2D eigenvalue weighted by Crippen LogP contribution is 2.52. The lowest BCUT2D eigenvalue weighted by Crippen LogP contribution is -2.55. The summed E-state index contributed by atoms with van der Waals surface area (Å²) < 4.78 is 13.1. The number of ether oxygens (including phenoxy) is 2. The van der Waals surface area contributed by atoms with Crippen LogP contribution in [0.3, 0.4) is 0 Å². The van der Waals surface area contributed by atoms with Crippen molar-refractivity contribution < 1.29 is 18.8 Å². The zero-order valence-corrected chi connectivity index (χ0v) is 19.0. The zero-order chi connectivity index (χ0) is 21.5. The Bertz CT molecular complexity index is 944. The molecule has 160 valence electrons. The molecule has 0 aromatic heterocycles. The molecule has 2 aromatic carbocycles. The van der Waals surface area contributed by atoms with Crippen molar-refractivity contribution >= 4 is 17.6 Å². The Morgan fingerprint density at radius 3 is 2.50 bits per heavy atom. The van der Waals surface area contributed by atoms with Gasteiger partial charge in [-0.15, -0.1) is 0 Å². The first kappa shape index (κ1) is 21.2. The van der Waals surface area contributed by atoms with Crippen LogP contribution in [0.15, 0.2) is 42.5 Å². The number of carbonyl (C=O) groups is 1. The summed E-state index contributed by atoms with van der Waals surface area (Å²) in [5, 5.41) is 0.720. The third-order valence-electron chi connectivity index (χ3n) is 6.51. The number of carbonyl (C=O) groups excluding carboxylic acids is 1. The molecule has 0 amide bonds. The Hall–Kier alpha value is -2.04. The van der Waals surface area contributed by atoms with E-state index in [9.17, 15) is 4.79 Å². The fourth-order valence-corrected chi connectivity index (χ4v) is 5.53. The van der Waals surface area contributed by atoms with Gasteiger partial charge in [-0.25, -0.2) is 0 Å². The van der Waals surface area contributed by atoms with Crippen molar-refractivity contribution in [2.45, 2.75) is 51.7 Å². The van der Waals surface area contributed by atoms with Gasteiger partial charge in [-0.3, -0.25) is 9.28 Å². The Kier molecular flexibility index (Phi) is 5.82. The quantitative estimate of drug-likeness (QED) is 0.426. The SMILES string of the molecule is CCCC(=O)OC(C(C)C)[N+]1(C)CC2c3ccccc3Oc3ccc(Cl)cc3C2C1. The van der Waals surface area contributed by atoms with Gasteiger partial charge in [0.15, 0.2) is 0 Å². The molecule has 4 nitrogen and oxygen atoms in total. The molecule has 0 aliphatic carbocycles. The summed E-state index contributed by atoms with van der Waals surface area (Å²) in [6.45, 7) is 8.05. The lowest BCUT2D eigenvalue weighted by atomic mass is 9.84. The Morgan fingerprint density at radius 1 is 1.13 bits per heavy atom. The Balaban J connectivity index is 1.76. The number of esters is 1. The minimum absolute atomic E-state index is 0.102. The van der Waals surface area contributed by atoms with Crippen LogP contribution in [0, 0.1) is 5.92 Å². The molecule has 4 unspecified atom stereocenters. The molecule has 1 saturated heterocycles. The number of halogens is 1. The van der Waals surface area contributed by atoms with Crippen molar-refractivity contribution in [3.8, 4) is 11.5 Å². The Labute approximate surface area is 184 Å². The minimum atomic E-state index is -0.174. The van der Waals surface area contributed by atoms with E-state index in [4.69, 9.17) is 21.1 Å². The van der Waals surface area contributed by atoms with Crippen molar-refractivity contribution in [1.82, 2.24) is 0 Å². The molecule has 0 saturated carbocycles. The lowest BCUT2D eigenvalue weighted by Gasteiger charge is -2.39. The van der Waals surface area contributed by atoms with E-state index in [-0.39, 0.29) is 30.0 Å². The van der Waals surface area contributed by atoms with Crippen LogP contribution in [-0.2, 0) is 9.53 Å². The van der Waals surface area contributed by atoms with Gasteiger partial charge in [-0.05, 0) is 30.7 Å². The van der Waals surface area contributed by atoms with Crippen LogP contribution in [0.5, 0.6) is 11.5 Å². The van der Waals surface area contributed by atoms with Crippen molar-refractivity contribution in [2.24, 2.45) is 5.92 Å². The standard InChI is InChI=1S/C25H31ClNO3/c1-5-8-24(28)30-25(16(2)3)27(4)14-20-18-9-6-7-10-22(18)29-23-12-11-17(26)13-19(23)21(20)15-27/h6-7,9-13,16,20-21,25H,5,8,14-15H2,1-4H3/q+1. The number of fused-ring (bicyclic) bond motifs is 5. The van der Waals surface area contributed by atoms with E-state index >= 15 is 0 Å². The third-order valence-corrected chi connectivity index (χ3v) is 6.75. The van der Waals surface area contributed by atoms with Gasteiger partial charge in [0.2, 0.25) is 6.23 Å². The number of nitrogens with zero attached hydrogens (tertiary/aromatic N) is 1. The van der Waals surface area contributed by atoms with E-state index < -0.39 is 0 Å². The Morgan fingerprint density at radius 2 is 1.80 bits per heavy atom. The molecule has 0 bridgehead atoms. The fraction of sp³-hybridized carbons (Fsp3) is 0.480. The number of likely N-dealkylation sites (tertiary alicyclic amines) is 1. The zero-order valence-electron chi connectivity index (χ0n) is 18.2. The number of hydrogen-bond donors (Lipinski definition) is 0. The maximum absolute atomic E-state index is 12.4. The van der Waals surface area contributed by atoms with Crippen molar-refractivity contribution in [2.75, 3.05) is 20.1 Å². The molecular formula is C25H31ClNO3+. The average Bonchev–Trinajstić information content (AvgIpc) is 3.00. The summed E-state index contributed by atoms with van der Waals surface area (Å²) in [6.07, 6.45) is 1.09. The topological polar surface area (TPSA) is 35.5 Å². The number of quaternary nitrogens is 1. The monoisotopic (exact) mass is 428 g/mol. The average molecular weight is 429 g/mol. The van der Waals surface area contributed by atoms with Crippen LogP contribution in [0.25, 0.3) is 0 Å². The predicted molar refractivity (Wildman–Crippen MR) is 119 cm³/mol. The molecule has 5 heteroatoms. The van der Waals surface area contributed by atoms with E-state index in [0.29, 0.717) is 10.9 Å². The highest BCUT2D eigenvalue weighted by atomic mass is 35.5. The highest BCUT2D eigenvalue weighted by molar-refractivity contribution is 6.30. The number of likely N-dealkylation sites (N-methyl/N-ethyl adjacent to an activating group) is 1. The van der Waals surface area contributed by atoms with Crippen molar-refractivity contribution in [3.05, 3.63) is 58.6 Å². The van der Waals surface area contributed by atoms with Gasteiger partial charge in [0.25, 0.3) is 0 Å². The van der Waals surface area contributed by atoms with Crippen LogP contribution in [0.2, 0.25) is 5.02 Å². The molecule has 4 rings (SSSR count). The van der Waals surface area contributed by atoms with Gasteiger partial charge in [0, 0.05) is 40.3 Å². The molecule has 0 N–H and O–H groups in total. The maximum Gasteiger partial charge on any atom is 0.310 e. The molecule has 4 atom stereocenters. The highest BCUT2D eigenvalue weighted by Gasteiger charge is 2.52. The molecule has 0 spiro atoms. The second-order valence-electron chi connectivity index (χ2n) is 9.25. The van der Waals surface area contributed by atoms with Crippen molar-refractivity contribution in [3.63, 3.8) is 0 Å². The second-order valence-corrected chi connectivity index (χ2v) is 9.69. The van der Waals surface area contributed by atoms with Gasteiger partial charge >= 0.3 is 5.97 Å². The first-order chi connectivity index (χ1) is 14.3. The van der Waals surface area contributed by atoms with Crippen LogP contribution < -0.4 is 4.74 Å². The summed E-state index contributed by atoms with van der Waals surface area (Å²) in [7, 11) is 2.23. The smallest absolute Gasteiger partial charge is 0.310 e. The number of rotatable bonds is 5. The lowest BCUT2D eigenvalue weighted by molar-refractivity contribution is -0.946. The maximum atomic E-state index is 12.4. The van der Waals surface area contributed by atoms with Gasteiger partial charge < -0.3 is 9.47 Å². The normalized spacial score (nSPS) is 25.5. The van der Waals surface area contributed by atoms with Gasteiger partial charge in [-0.1, -0.05) is 50.6 Å². The minimum Gasteiger partial charge on any atom is -0.457 e. The van der Waals surface area contributed by atoms with Gasteiger partial charge in [0.1, 0.15) is 11.5 Å². The van der Waals surface area contributed by atoms with Crippen LogP contribution in [-0.4, -0.2) is 36.8 Å². The van der Waals surface area contributed by atoms with E-state index in [0.717, 1.165) is 41.6 Å². The largest absolute Gasteiger partial charge is 0.457 e. The second kappa shape index (κ2) is 8.24. The first-order valence-electron chi connectivity index (χ1n) is 10.9. The molecule has 2 aliphatic heterocycles. The molecule has 2 aromatic rings. The summed E-state index contributed by atoms with van der Waals surface area (Å²) in [6, 6.07) is 14.2. The van der Waals surface area contributed by atoms with Crippen molar-refractivity contribution in [1.29, 1.82) is 0 Å². The van der Waals surface area contributed by atoms with Gasteiger partial charge in [0.05, 0.1) is 20.1 Å². The van der Waals surface area contributed by atoms with E-state index in [1.54, 1.807) is 0 Å². The molecule has 2 aliphatic rings. The summed E-state index contributed by atoms with van der Waals surface area (Å²) in [4.78, 5) is 12.4. The van der Waals surface area contributed by atoms with E-state index in [2.05, 4.69) is 33.0 Å². The van der Waals surface area contributed by atoms with Crippen LogP contribution >= 0.6 is 11.6 Å². The van der Waals surface area contributed by atoms with Crippen LogP contribution in [0.4, 0.5) is 0 Å². The molecule has 30 heavy (non-hydrogen) atoms. The summed E-state index contributed by atoms with van der Waals surface area (Å²) in [5.41, 5.74) is 2.37. The number of para-hydroxylation sites is 1. The summed E-state index contributed by atoms with van der Waals surface area (Å²) in [5.74, 6) is 2.43. The molecule has 1 fully saturated rings. The first-order valence-corrected chi connectivity index (χ1v) is 11.3. The fourth-order valence-electron chi connectivity index (χ4n) is 5.35. The number of hydrogen-bond acceptors (Lipinski definition) is 3. The number of benzene rings is 2. The van der Waals surface area contributed by atoms with E-state index in [1.165, 1.54) is 5.56 Å². The van der Waals surface area contributed by atoms with Gasteiger partial charge in [-0.2, -0.15) is 0 Å². The third kappa shape index (κ3) is 3.83. The summed E-state index contributed by atoms with van der Waals surface area (Å²) >= 11 is 6.39. The van der Waals surface area contributed by atoms with Crippen LogP contribution in [0.1, 0.15) is 56.6 Å². The van der Waals surface area contributed by atoms with E-state index in [1.807, 2.05) is 37.3 Å².